The second kappa shape index (κ2) is 25.1. The van der Waals surface area contributed by atoms with Crippen LogP contribution in [-0.2, 0) is 53.3 Å². The predicted octanol–water partition coefficient (Wildman–Crippen LogP) is 7.07. The van der Waals surface area contributed by atoms with Crippen LogP contribution in [0.2, 0.25) is 0 Å². The zero-order chi connectivity index (χ0) is 47.6. The molecule has 21 heteroatoms. The Morgan fingerprint density at radius 1 is 0.523 bits per heavy atom. The number of carbonyl (C=O) groups excluding carboxylic acids is 2. The van der Waals surface area contributed by atoms with Crippen molar-refractivity contribution >= 4 is 44.1 Å². The predicted molar refractivity (Wildman–Crippen MR) is 229 cm³/mol. The Hall–Kier alpha value is -5.68. The van der Waals surface area contributed by atoms with Gasteiger partial charge >= 0.3 is 11.9 Å². The molecule has 2 N–H and O–H groups in total. The molecule has 0 heterocycles. The highest BCUT2D eigenvalue weighted by atomic mass is 32.2. The fourth-order valence-corrected chi connectivity index (χ4v) is 7.47. The summed E-state index contributed by atoms with van der Waals surface area (Å²) in [4.78, 5) is 23.3. The number of sulfonamides is 2. The summed E-state index contributed by atoms with van der Waals surface area (Å²) in [7, 11) is -7.92. The number of ether oxygens (including phenoxy) is 7. The minimum Gasteiger partial charge on any atom is -0.463 e. The molecular weight excluding hydrogens is 905 g/mol. The maximum atomic E-state index is 14.7. The van der Waals surface area contributed by atoms with Crippen molar-refractivity contribution in [1.82, 2.24) is 9.44 Å². The molecule has 0 spiro atoms. The summed E-state index contributed by atoms with van der Waals surface area (Å²) < 4.78 is 151. The summed E-state index contributed by atoms with van der Waals surface area (Å²) in [5.74, 6) is -6.89. The van der Waals surface area contributed by atoms with Crippen LogP contribution in [0, 0.1) is 23.3 Å². The largest absolute Gasteiger partial charge is 0.463 e. The molecule has 0 amide bonds. The van der Waals surface area contributed by atoms with Gasteiger partial charge in [0.2, 0.25) is 20.0 Å². The number of benzene rings is 4. The van der Waals surface area contributed by atoms with E-state index in [9.17, 15) is 44.0 Å². The minimum atomic E-state index is -3.96. The van der Waals surface area contributed by atoms with Crippen LogP contribution in [0.25, 0.3) is 12.2 Å². The Balaban J connectivity index is 1.08. The van der Waals surface area contributed by atoms with Crippen LogP contribution in [-0.4, -0.2) is 94.7 Å². The van der Waals surface area contributed by atoms with Gasteiger partial charge in [-0.15, -0.1) is 0 Å². The molecule has 65 heavy (non-hydrogen) atoms. The second-order valence-corrected chi connectivity index (χ2v) is 17.0. The number of halogens is 4. The van der Waals surface area contributed by atoms with Crippen LogP contribution in [0.4, 0.5) is 17.6 Å². The van der Waals surface area contributed by atoms with E-state index in [-0.39, 0.29) is 110 Å². The standard InChI is InChI=1S/C44H48F4N2O13S2/c1-5-60-43(51)29(3)23-31-25-37(45)41(38(46)26-31)62-33-7-11-35(12-8-33)64(53,54)49-15-17-57-19-21-59-22-20-58-18-16-50-65(55,56)36-13-9-34(10-14-36)63-42-39(47)27-32(28-40(42)48)24-30(4)44(52)61-6-2/h7-14,23-28,49-50H,5-6,15-22H2,1-4H3/b29-23+,30-24+. The average Bonchev–Trinajstić information content (AvgIpc) is 3.25. The lowest BCUT2D eigenvalue weighted by Crippen LogP contribution is -2.28. The number of nitrogens with one attached hydrogen (secondary N) is 2. The number of hydrogen-bond donors (Lipinski definition) is 2. The Kier molecular flexibility index (Phi) is 20.1. The van der Waals surface area contributed by atoms with Crippen molar-refractivity contribution < 1.29 is 77.1 Å². The van der Waals surface area contributed by atoms with Gasteiger partial charge in [0.1, 0.15) is 11.5 Å². The normalized spacial score (nSPS) is 12.2. The van der Waals surface area contributed by atoms with Crippen LogP contribution in [0.3, 0.4) is 0 Å². The third-order valence-electron chi connectivity index (χ3n) is 8.53. The lowest BCUT2D eigenvalue weighted by molar-refractivity contribution is -0.139. The van der Waals surface area contributed by atoms with Crippen molar-refractivity contribution in [2.75, 3.05) is 65.9 Å². The second-order valence-electron chi connectivity index (χ2n) is 13.5. The molecule has 4 aromatic carbocycles. The maximum absolute atomic E-state index is 14.7. The van der Waals surface area contributed by atoms with Crippen molar-refractivity contribution in [2.24, 2.45) is 0 Å². The molecule has 0 unspecified atom stereocenters. The molecule has 0 aliphatic carbocycles. The molecule has 0 aliphatic heterocycles. The molecule has 4 aromatic rings. The van der Waals surface area contributed by atoms with Gasteiger partial charge in [0.15, 0.2) is 34.8 Å². The molecule has 0 saturated heterocycles. The van der Waals surface area contributed by atoms with Crippen LogP contribution in [0.5, 0.6) is 23.0 Å². The highest BCUT2D eigenvalue weighted by Crippen LogP contribution is 2.32. The zero-order valence-corrected chi connectivity index (χ0v) is 37.4. The first-order chi connectivity index (χ1) is 30.9. The van der Waals surface area contributed by atoms with Gasteiger partial charge in [-0.3, -0.25) is 0 Å². The molecule has 0 aliphatic rings. The fraction of sp³-hybridized carbons (Fsp3) is 0.318. The van der Waals surface area contributed by atoms with Crippen molar-refractivity contribution in [1.29, 1.82) is 0 Å². The maximum Gasteiger partial charge on any atom is 0.333 e. The summed E-state index contributed by atoms with van der Waals surface area (Å²) in [5, 5.41) is 0. The first kappa shape index (κ1) is 51.9. The Morgan fingerprint density at radius 2 is 0.831 bits per heavy atom. The smallest absolute Gasteiger partial charge is 0.333 e. The molecule has 0 bridgehead atoms. The van der Waals surface area contributed by atoms with E-state index < -0.39 is 66.8 Å². The van der Waals surface area contributed by atoms with E-state index in [0.717, 1.165) is 24.3 Å². The van der Waals surface area contributed by atoms with Crippen LogP contribution < -0.4 is 18.9 Å². The van der Waals surface area contributed by atoms with Gasteiger partial charge in [-0.05, 0) is 124 Å². The highest BCUT2D eigenvalue weighted by Gasteiger charge is 2.19. The highest BCUT2D eigenvalue weighted by molar-refractivity contribution is 7.89. The fourth-order valence-electron chi connectivity index (χ4n) is 5.44. The first-order valence-electron chi connectivity index (χ1n) is 19.9. The summed E-state index contributed by atoms with van der Waals surface area (Å²) in [6, 6.07) is 13.7. The van der Waals surface area contributed by atoms with Crippen molar-refractivity contribution in [3.8, 4) is 23.0 Å². The van der Waals surface area contributed by atoms with Gasteiger partial charge < -0.3 is 33.2 Å². The summed E-state index contributed by atoms with van der Waals surface area (Å²) in [6.07, 6.45) is 2.54. The van der Waals surface area contributed by atoms with E-state index >= 15 is 0 Å². The van der Waals surface area contributed by atoms with E-state index in [2.05, 4.69) is 9.44 Å². The topological polar surface area (TPSA) is 191 Å². The monoisotopic (exact) mass is 952 g/mol. The number of carbonyl (C=O) groups is 2. The van der Waals surface area contributed by atoms with Crippen molar-refractivity contribution in [2.45, 2.75) is 37.5 Å². The molecule has 0 fully saturated rings. The minimum absolute atomic E-state index is 0.0167. The van der Waals surface area contributed by atoms with E-state index in [1.54, 1.807) is 13.8 Å². The average molecular weight is 953 g/mol. The lowest BCUT2D eigenvalue weighted by Gasteiger charge is -2.11. The first-order valence-corrected chi connectivity index (χ1v) is 22.9. The Morgan fingerprint density at radius 3 is 1.14 bits per heavy atom. The van der Waals surface area contributed by atoms with Crippen LogP contribution >= 0.6 is 0 Å². The third-order valence-corrected chi connectivity index (χ3v) is 11.5. The quantitative estimate of drug-likeness (QED) is 0.0282. The van der Waals surface area contributed by atoms with Gasteiger partial charge in [0.25, 0.3) is 0 Å². The molecule has 352 valence electrons. The SMILES string of the molecule is CCOC(=O)/C(C)=C/c1cc(F)c(Oc2ccc(S(=O)(=O)NCCOCCOCCOCCNS(=O)(=O)c3ccc(Oc4c(F)cc(/C=C(\C)C(=O)OCC)cc4F)cc3)cc2)c(F)c1. The van der Waals surface area contributed by atoms with Gasteiger partial charge in [-0.25, -0.2) is 53.4 Å². The van der Waals surface area contributed by atoms with Crippen LogP contribution in [0.1, 0.15) is 38.8 Å². The van der Waals surface area contributed by atoms with Gasteiger partial charge in [0, 0.05) is 24.2 Å². The van der Waals surface area contributed by atoms with Gasteiger partial charge in [-0.1, -0.05) is 0 Å². The Labute approximate surface area is 374 Å². The molecule has 0 radical (unpaired) electrons. The molecule has 0 saturated carbocycles. The van der Waals surface area contributed by atoms with Crippen molar-refractivity contribution in [3.63, 3.8) is 0 Å². The number of esters is 2. The van der Waals surface area contributed by atoms with E-state index in [0.29, 0.717) is 0 Å². The lowest BCUT2D eigenvalue weighted by atomic mass is 10.1. The van der Waals surface area contributed by atoms with Crippen molar-refractivity contribution in [3.05, 3.63) is 118 Å². The summed E-state index contributed by atoms with van der Waals surface area (Å²) >= 11 is 0. The third kappa shape index (κ3) is 16.4. The van der Waals surface area contributed by atoms with E-state index in [1.807, 2.05) is 0 Å². The number of hydrogen-bond acceptors (Lipinski definition) is 13. The molecule has 15 nitrogen and oxygen atoms in total. The zero-order valence-electron chi connectivity index (χ0n) is 35.8. The summed E-state index contributed by atoms with van der Waals surface area (Å²) in [5.41, 5.74) is 0.440. The van der Waals surface area contributed by atoms with Gasteiger partial charge in [0.05, 0.1) is 62.6 Å². The summed E-state index contributed by atoms with van der Waals surface area (Å²) in [6.45, 7) is 6.93. The molecule has 0 aromatic heterocycles. The van der Waals surface area contributed by atoms with E-state index in [4.69, 9.17) is 33.2 Å². The molecule has 0 atom stereocenters. The Bertz CT molecular complexity index is 2320. The molecular formula is C44H48F4N2O13S2. The van der Waals surface area contributed by atoms with Gasteiger partial charge in [-0.2, -0.15) is 0 Å². The number of rotatable bonds is 26. The van der Waals surface area contributed by atoms with Crippen LogP contribution in [0.15, 0.2) is 93.7 Å². The molecule has 4 rings (SSSR count). The van der Waals surface area contributed by atoms with E-state index in [1.165, 1.54) is 74.5 Å².